The molecule has 8 heteroatoms. The average molecular weight is 453 g/mol. The summed E-state index contributed by atoms with van der Waals surface area (Å²) in [4.78, 5) is 36.0. The van der Waals surface area contributed by atoms with Crippen LogP contribution < -0.4 is 10.6 Å². The van der Waals surface area contributed by atoms with E-state index in [9.17, 15) is 14.4 Å². The first-order valence-corrected chi connectivity index (χ1v) is 10.7. The maximum Gasteiger partial charge on any atom is 0.407 e. The van der Waals surface area contributed by atoms with Crippen LogP contribution in [0.3, 0.4) is 0 Å². The molecule has 0 aliphatic heterocycles. The van der Waals surface area contributed by atoms with Crippen molar-refractivity contribution in [2.75, 3.05) is 20.3 Å². The highest BCUT2D eigenvalue weighted by Crippen LogP contribution is 2.44. The highest BCUT2D eigenvalue weighted by atomic mass is 16.5. The lowest BCUT2D eigenvalue weighted by Gasteiger charge is -2.19. The normalized spacial score (nSPS) is 13.8. The van der Waals surface area contributed by atoms with Gasteiger partial charge in [0.05, 0.1) is 0 Å². The summed E-state index contributed by atoms with van der Waals surface area (Å²) in [7, 11) is 1.29. The molecular weight excluding hydrogens is 424 g/mol. The Morgan fingerprint density at radius 3 is 2.24 bits per heavy atom. The number of alkyl carbamates (subject to hydrolysis) is 1. The second kappa shape index (κ2) is 11.3. The molecule has 0 radical (unpaired) electrons. The Labute approximate surface area is 192 Å². The highest BCUT2D eigenvalue weighted by molar-refractivity contribution is 5.86. The molecule has 0 spiro atoms. The number of amides is 2. The summed E-state index contributed by atoms with van der Waals surface area (Å²) in [5.74, 6) is -1.65. The van der Waals surface area contributed by atoms with Crippen LogP contribution in [-0.2, 0) is 19.1 Å². The molecule has 0 heterocycles. The largest absolute Gasteiger partial charge is 0.479 e. The molecule has 2 amide bonds. The van der Waals surface area contributed by atoms with Gasteiger partial charge >= 0.3 is 12.1 Å². The number of fused-ring (bicyclic) bond motifs is 3. The lowest BCUT2D eigenvalue weighted by molar-refractivity contribution is -0.149. The van der Waals surface area contributed by atoms with Crippen molar-refractivity contribution in [3.63, 3.8) is 0 Å². The van der Waals surface area contributed by atoms with Gasteiger partial charge < -0.3 is 25.2 Å². The third-order valence-corrected chi connectivity index (χ3v) is 5.62. The molecule has 2 unspecified atom stereocenters. The van der Waals surface area contributed by atoms with E-state index in [1.807, 2.05) is 36.4 Å². The second-order valence-corrected chi connectivity index (χ2v) is 7.69. The number of carbonyl (C=O) groups is 3. The van der Waals surface area contributed by atoms with Crippen molar-refractivity contribution in [2.24, 2.45) is 0 Å². The summed E-state index contributed by atoms with van der Waals surface area (Å²) in [6, 6.07) is 15.2. The van der Waals surface area contributed by atoms with Crippen molar-refractivity contribution < 1.29 is 29.0 Å². The van der Waals surface area contributed by atoms with Crippen molar-refractivity contribution >= 4 is 18.0 Å². The fourth-order valence-electron chi connectivity index (χ4n) is 3.97. The summed E-state index contributed by atoms with van der Waals surface area (Å²) in [5, 5.41) is 14.2. The van der Waals surface area contributed by atoms with Gasteiger partial charge in [-0.2, -0.15) is 0 Å². The Balaban J connectivity index is 1.57. The predicted octanol–water partition coefficient (Wildman–Crippen LogP) is 3.08. The third-order valence-electron chi connectivity index (χ3n) is 5.62. The van der Waals surface area contributed by atoms with Gasteiger partial charge in [-0.15, -0.1) is 6.58 Å². The number of rotatable bonds is 11. The highest BCUT2D eigenvalue weighted by Gasteiger charge is 2.29. The minimum absolute atomic E-state index is 0.0863. The van der Waals surface area contributed by atoms with Crippen molar-refractivity contribution in [1.29, 1.82) is 0 Å². The average Bonchev–Trinajstić information content (AvgIpc) is 3.13. The first-order chi connectivity index (χ1) is 16.0. The number of nitrogens with one attached hydrogen (secondary N) is 2. The number of hydrogen-bond acceptors (Lipinski definition) is 5. The molecule has 174 valence electrons. The topological polar surface area (TPSA) is 114 Å². The Hall–Kier alpha value is -3.65. The number of carbonyl (C=O) groups excluding carboxylic acids is 2. The smallest absolute Gasteiger partial charge is 0.407 e. The summed E-state index contributed by atoms with van der Waals surface area (Å²) < 4.78 is 10.3. The number of methoxy groups -OCH3 is 1. The van der Waals surface area contributed by atoms with Crippen LogP contribution in [-0.4, -0.2) is 55.5 Å². The Kier molecular flexibility index (Phi) is 8.21. The molecule has 2 aromatic rings. The molecule has 0 saturated heterocycles. The number of aliphatic carboxylic acids is 1. The first-order valence-electron chi connectivity index (χ1n) is 10.7. The van der Waals surface area contributed by atoms with E-state index in [0.29, 0.717) is 0 Å². The molecule has 0 bridgehead atoms. The monoisotopic (exact) mass is 452 g/mol. The molecule has 2 aromatic carbocycles. The molecule has 0 saturated carbocycles. The molecule has 8 nitrogen and oxygen atoms in total. The van der Waals surface area contributed by atoms with E-state index in [1.54, 1.807) is 0 Å². The van der Waals surface area contributed by atoms with E-state index in [1.165, 1.54) is 13.2 Å². The van der Waals surface area contributed by atoms with Crippen molar-refractivity contribution in [1.82, 2.24) is 10.6 Å². The standard InChI is InChI=1S/C25H28N2O6/c1-3-8-21(23(28)26-14-13-22(32-2)24(29)30)27-25(31)33-15-20-18-11-6-4-9-16(18)17-10-5-7-12-19(17)20/h3-7,9-12,20-22H,1,8,13-15H2,2H3,(H,26,28)(H,27,31)(H,29,30). The maximum absolute atomic E-state index is 12.5. The van der Waals surface area contributed by atoms with E-state index in [4.69, 9.17) is 14.6 Å². The van der Waals surface area contributed by atoms with Gasteiger partial charge in [-0.3, -0.25) is 4.79 Å². The van der Waals surface area contributed by atoms with Crippen molar-refractivity contribution in [3.8, 4) is 11.1 Å². The fraction of sp³-hybridized carbons (Fsp3) is 0.320. The van der Waals surface area contributed by atoms with Gasteiger partial charge in [0.15, 0.2) is 6.10 Å². The lowest BCUT2D eigenvalue weighted by Crippen LogP contribution is -2.47. The first kappa shape index (κ1) is 24.0. The van der Waals surface area contributed by atoms with E-state index in [0.717, 1.165) is 22.3 Å². The van der Waals surface area contributed by atoms with Crippen LogP contribution in [0.15, 0.2) is 61.2 Å². The SMILES string of the molecule is C=CCC(NC(=O)OCC1c2ccccc2-c2ccccc21)C(=O)NCCC(OC)C(=O)O. The van der Waals surface area contributed by atoms with Gasteiger partial charge in [0.1, 0.15) is 12.6 Å². The Morgan fingerprint density at radius 1 is 1.09 bits per heavy atom. The number of hydrogen-bond donors (Lipinski definition) is 3. The number of ether oxygens (including phenoxy) is 2. The van der Waals surface area contributed by atoms with Crippen LogP contribution in [0, 0.1) is 0 Å². The zero-order valence-corrected chi connectivity index (χ0v) is 18.5. The lowest BCUT2D eigenvalue weighted by atomic mass is 9.98. The van der Waals surface area contributed by atoms with Crippen LogP contribution in [0.25, 0.3) is 11.1 Å². The van der Waals surface area contributed by atoms with E-state index < -0.39 is 30.1 Å². The summed E-state index contributed by atoms with van der Waals surface area (Å²) in [6.07, 6.45) is 0.0901. The minimum Gasteiger partial charge on any atom is -0.479 e. The third kappa shape index (κ3) is 5.78. The molecule has 3 N–H and O–H groups in total. The minimum atomic E-state index is -1.11. The van der Waals surface area contributed by atoms with Crippen LogP contribution in [0.1, 0.15) is 29.9 Å². The van der Waals surface area contributed by atoms with Crippen LogP contribution in [0.5, 0.6) is 0 Å². The van der Waals surface area contributed by atoms with Gasteiger partial charge in [0.2, 0.25) is 5.91 Å². The molecule has 0 fully saturated rings. The zero-order valence-electron chi connectivity index (χ0n) is 18.5. The number of carboxylic acid groups (broad SMARTS) is 1. The van der Waals surface area contributed by atoms with Gasteiger partial charge in [0.25, 0.3) is 0 Å². The number of benzene rings is 2. The van der Waals surface area contributed by atoms with Crippen LogP contribution >= 0.6 is 0 Å². The molecular formula is C25H28N2O6. The van der Waals surface area contributed by atoms with Crippen molar-refractivity contribution in [2.45, 2.75) is 30.9 Å². The molecule has 1 aliphatic rings. The molecule has 0 aromatic heterocycles. The van der Waals surface area contributed by atoms with E-state index in [2.05, 4.69) is 29.3 Å². The quantitative estimate of drug-likeness (QED) is 0.452. The van der Waals surface area contributed by atoms with Crippen molar-refractivity contribution in [3.05, 3.63) is 72.3 Å². The summed E-state index contributed by atoms with van der Waals surface area (Å²) in [5.41, 5.74) is 4.44. The van der Waals surface area contributed by atoms with E-state index >= 15 is 0 Å². The zero-order chi connectivity index (χ0) is 23.8. The molecule has 3 rings (SSSR count). The van der Waals surface area contributed by atoms with Crippen LogP contribution in [0.2, 0.25) is 0 Å². The van der Waals surface area contributed by atoms with Gasteiger partial charge in [-0.25, -0.2) is 9.59 Å². The molecule has 2 atom stereocenters. The second-order valence-electron chi connectivity index (χ2n) is 7.69. The summed E-state index contributed by atoms with van der Waals surface area (Å²) >= 11 is 0. The number of carboxylic acids is 1. The molecule has 1 aliphatic carbocycles. The van der Waals surface area contributed by atoms with Gasteiger partial charge in [-0.05, 0) is 28.7 Å². The maximum atomic E-state index is 12.5. The Morgan fingerprint density at radius 2 is 1.70 bits per heavy atom. The van der Waals surface area contributed by atoms with Gasteiger partial charge in [0, 0.05) is 26.0 Å². The predicted molar refractivity (Wildman–Crippen MR) is 123 cm³/mol. The Bertz CT molecular complexity index is 976. The molecule has 33 heavy (non-hydrogen) atoms. The van der Waals surface area contributed by atoms with Crippen LogP contribution in [0.4, 0.5) is 4.79 Å². The van der Waals surface area contributed by atoms with Gasteiger partial charge in [-0.1, -0.05) is 54.6 Å². The van der Waals surface area contributed by atoms with E-state index in [-0.39, 0.29) is 31.9 Å². The fourth-order valence-corrected chi connectivity index (χ4v) is 3.97. The summed E-state index contributed by atoms with van der Waals surface area (Å²) in [6.45, 7) is 3.85.